The quantitative estimate of drug-likeness (QED) is 0.735. The molecule has 0 aliphatic carbocycles. The van der Waals surface area contributed by atoms with Gasteiger partial charge in [0.15, 0.2) is 0 Å². The lowest BCUT2D eigenvalue weighted by Crippen LogP contribution is -2.45. The third-order valence-electron chi connectivity index (χ3n) is 3.91. The molecule has 0 unspecified atom stereocenters. The van der Waals surface area contributed by atoms with Crippen LogP contribution in [0.3, 0.4) is 0 Å². The average molecular weight is 314 g/mol. The van der Waals surface area contributed by atoms with Gasteiger partial charge in [-0.15, -0.1) is 0 Å². The van der Waals surface area contributed by atoms with E-state index in [0.717, 1.165) is 12.8 Å². The fourth-order valence-electron chi connectivity index (χ4n) is 2.73. The molecular weight excluding hydrogens is 288 g/mol. The molecule has 4 heteroatoms. The molecule has 0 aromatic heterocycles. The van der Waals surface area contributed by atoms with Crippen molar-refractivity contribution in [3.8, 4) is 0 Å². The first-order chi connectivity index (χ1) is 11.1. The fourth-order valence-corrected chi connectivity index (χ4v) is 2.73. The van der Waals surface area contributed by atoms with Crippen LogP contribution in [0.25, 0.3) is 10.8 Å². The molecule has 0 heterocycles. The van der Waals surface area contributed by atoms with Gasteiger partial charge in [-0.05, 0) is 49.4 Å². The maximum absolute atomic E-state index is 11.9. The van der Waals surface area contributed by atoms with Gasteiger partial charge in [-0.25, -0.2) is 4.79 Å². The topological polar surface area (TPSA) is 61.4 Å². The van der Waals surface area contributed by atoms with E-state index in [0.29, 0.717) is 6.42 Å². The second-order valence-corrected chi connectivity index (χ2v) is 6.17. The second kappa shape index (κ2) is 8.53. The molecule has 0 saturated carbocycles. The molecule has 0 saturated heterocycles. The third-order valence-corrected chi connectivity index (χ3v) is 3.91. The van der Waals surface area contributed by atoms with Crippen molar-refractivity contribution in [2.24, 2.45) is 0 Å². The number of amides is 2. The van der Waals surface area contributed by atoms with Crippen molar-refractivity contribution in [1.82, 2.24) is 10.6 Å². The van der Waals surface area contributed by atoms with Gasteiger partial charge >= 0.3 is 6.03 Å². The van der Waals surface area contributed by atoms with Gasteiger partial charge in [0, 0.05) is 18.7 Å². The van der Waals surface area contributed by atoms with Crippen LogP contribution in [0.5, 0.6) is 0 Å². The summed E-state index contributed by atoms with van der Waals surface area (Å²) in [5.41, 5.74) is 1.21. The van der Waals surface area contributed by atoms with Crippen LogP contribution in [-0.4, -0.2) is 29.8 Å². The van der Waals surface area contributed by atoms with E-state index in [4.69, 9.17) is 5.11 Å². The zero-order chi connectivity index (χ0) is 16.7. The van der Waals surface area contributed by atoms with E-state index in [1.807, 2.05) is 26.0 Å². The molecular formula is C19H26N2O2. The Morgan fingerprint density at radius 2 is 1.74 bits per heavy atom. The van der Waals surface area contributed by atoms with Gasteiger partial charge in [0.2, 0.25) is 0 Å². The molecule has 0 aliphatic heterocycles. The lowest BCUT2D eigenvalue weighted by molar-refractivity contribution is 0.231. The smallest absolute Gasteiger partial charge is 0.315 e. The van der Waals surface area contributed by atoms with Gasteiger partial charge < -0.3 is 15.7 Å². The number of carbonyl (C=O) groups is 1. The summed E-state index contributed by atoms with van der Waals surface area (Å²) >= 11 is 0. The highest BCUT2D eigenvalue weighted by Gasteiger charge is 2.11. The lowest BCUT2D eigenvalue weighted by atomic mass is 10.0. The maximum Gasteiger partial charge on any atom is 0.315 e. The van der Waals surface area contributed by atoms with Crippen LogP contribution in [0.2, 0.25) is 0 Å². The van der Waals surface area contributed by atoms with Crippen molar-refractivity contribution in [2.45, 2.75) is 45.2 Å². The van der Waals surface area contributed by atoms with Crippen LogP contribution in [-0.2, 0) is 6.42 Å². The number of aliphatic hydroxyl groups excluding tert-OH is 1. The molecule has 0 radical (unpaired) electrons. The summed E-state index contributed by atoms with van der Waals surface area (Å²) in [6, 6.07) is 14.7. The molecule has 2 amide bonds. The molecule has 23 heavy (non-hydrogen) atoms. The average Bonchev–Trinajstić information content (AvgIpc) is 2.52. The standard InChI is InChI=1S/C19H26N2O2/c1-14(6-5-11-22)20-19(23)21-15(2)12-16-9-10-17-7-3-4-8-18(17)13-16/h3-4,7-10,13-15,22H,5-6,11-12H2,1-2H3,(H2,20,21,23)/t14-,15+/m1/s1. The summed E-state index contributed by atoms with van der Waals surface area (Å²) in [4.78, 5) is 11.9. The van der Waals surface area contributed by atoms with Crippen LogP contribution >= 0.6 is 0 Å². The van der Waals surface area contributed by atoms with E-state index in [9.17, 15) is 4.79 Å². The summed E-state index contributed by atoms with van der Waals surface area (Å²) in [7, 11) is 0. The van der Waals surface area contributed by atoms with E-state index >= 15 is 0 Å². The monoisotopic (exact) mass is 314 g/mol. The zero-order valence-electron chi connectivity index (χ0n) is 13.9. The predicted octanol–water partition coefficient (Wildman–Crippen LogP) is 3.23. The van der Waals surface area contributed by atoms with Gasteiger partial charge in [0.25, 0.3) is 0 Å². The SMILES string of the molecule is C[C@H](CCCO)NC(=O)N[C@@H](C)Cc1ccc2ccccc2c1. The Hall–Kier alpha value is -2.07. The van der Waals surface area contributed by atoms with E-state index in [-0.39, 0.29) is 24.7 Å². The first-order valence-corrected chi connectivity index (χ1v) is 8.24. The number of fused-ring (bicyclic) bond motifs is 1. The number of aliphatic hydroxyl groups is 1. The molecule has 3 N–H and O–H groups in total. The van der Waals surface area contributed by atoms with Crippen molar-refractivity contribution in [1.29, 1.82) is 0 Å². The van der Waals surface area contributed by atoms with Crippen molar-refractivity contribution in [3.63, 3.8) is 0 Å². The highest BCUT2D eigenvalue weighted by molar-refractivity contribution is 5.83. The summed E-state index contributed by atoms with van der Waals surface area (Å²) < 4.78 is 0. The van der Waals surface area contributed by atoms with E-state index in [1.54, 1.807) is 0 Å². The molecule has 2 aromatic carbocycles. The lowest BCUT2D eigenvalue weighted by Gasteiger charge is -2.18. The van der Waals surface area contributed by atoms with E-state index in [2.05, 4.69) is 41.0 Å². The number of nitrogens with one attached hydrogen (secondary N) is 2. The molecule has 0 bridgehead atoms. The van der Waals surface area contributed by atoms with Gasteiger partial charge in [0.1, 0.15) is 0 Å². The van der Waals surface area contributed by atoms with Gasteiger partial charge in [0.05, 0.1) is 0 Å². The number of hydrogen-bond acceptors (Lipinski definition) is 2. The first-order valence-electron chi connectivity index (χ1n) is 8.24. The second-order valence-electron chi connectivity index (χ2n) is 6.17. The minimum absolute atomic E-state index is 0.0567. The Morgan fingerprint density at radius 1 is 1.04 bits per heavy atom. The molecule has 0 spiro atoms. The van der Waals surface area contributed by atoms with Crippen LogP contribution < -0.4 is 10.6 Å². The highest BCUT2D eigenvalue weighted by atomic mass is 16.3. The highest BCUT2D eigenvalue weighted by Crippen LogP contribution is 2.16. The Kier molecular flexibility index (Phi) is 6.41. The van der Waals surface area contributed by atoms with Crippen LogP contribution in [0.1, 0.15) is 32.3 Å². The first kappa shape index (κ1) is 17.3. The molecule has 0 aliphatic rings. The maximum atomic E-state index is 11.9. The predicted molar refractivity (Wildman–Crippen MR) is 94.6 cm³/mol. The van der Waals surface area contributed by atoms with Crippen molar-refractivity contribution >= 4 is 16.8 Å². The molecule has 0 fully saturated rings. The Balaban J connectivity index is 1.85. The fraction of sp³-hybridized carbons (Fsp3) is 0.421. The largest absolute Gasteiger partial charge is 0.396 e. The van der Waals surface area contributed by atoms with Crippen molar-refractivity contribution in [3.05, 3.63) is 48.0 Å². The number of benzene rings is 2. The third kappa shape index (κ3) is 5.57. The minimum Gasteiger partial charge on any atom is -0.396 e. The van der Waals surface area contributed by atoms with E-state index < -0.39 is 0 Å². The number of carbonyl (C=O) groups excluding carboxylic acids is 1. The van der Waals surface area contributed by atoms with Gasteiger partial charge in [-0.3, -0.25) is 0 Å². The van der Waals surface area contributed by atoms with Crippen LogP contribution in [0.4, 0.5) is 4.79 Å². The summed E-state index contributed by atoms with van der Waals surface area (Å²) in [5, 5.41) is 17.1. The molecule has 124 valence electrons. The van der Waals surface area contributed by atoms with Gasteiger partial charge in [-0.2, -0.15) is 0 Å². The van der Waals surface area contributed by atoms with E-state index in [1.165, 1.54) is 16.3 Å². The number of urea groups is 1. The zero-order valence-corrected chi connectivity index (χ0v) is 13.9. The summed E-state index contributed by atoms with van der Waals surface area (Å²) in [5.74, 6) is 0. The molecule has 2 atom stereocenters. The molecule has 2 rings (SSSR count). The minimum atomic E-state index is -0.149. The number of hydrogen-bond donors (Lipinski definition) is 3. The van der Waals surface area contributed by atoms with Crippen molar-refractivity contribution < 1.29 is 9.90 Å². The normalized spacial score (nSPS) is 13.5. The van der Waals surface area contributed by atoms with Crippen LogP contribution in [0, 0.1) is 0 Å². The van der Waals surface area contributed by atoms with Gasteiger partial charge in [-0.1, -0.05) is 42.5 Å². The van der Waals surface area contributed by atoms with Crippen molar-refractivity contribution in [2.75, 3.05) is 6.61 Å². The Labute approximate surface area is 137 Å². The van der Waals surface area contributed by atoms with Crippen LogP contribution in [0.15, 0.2) is 42.5 Å². The summed E-state index contributed by atoms with van der Waals surface area (Å²) in [6.07, 6.45) is 2.28. The molecule has 2 aromatic rings. The Bertz CT molecular complexity index is 642. The number of rotatable bonds is 7. The molecule has 4 nitrogen and oxygen atoms in total. The summed E-state index contributed by atoms with van der Waals surface area (Å²) in [6.45, 7) is 4.11. The Morgan fingerprint density at radius 3 is 2.48 bits per heavy atom.